The molecule has 1 fully saturated rings. The van der Waals surface area contributed by atoms with Gasteiger partial charge in [0, 0.05) is 11.5 Å². The van der Waals surface area contributed by atoms with Crippen LogP contribution in [-0.2, 0) is 4.79 Å². The average Bonchev–Trinajstić information content (AvgIpc) is 2.17. The molecular weight excluding hydrogens is 224 g/mol. The maximum absolute atomic E-state index is 11.9. The van der Waals surface area contributed by atoms with Gasteiger partial charge >= 0.3 is 0 Å². The summed E-state index contributed by atoms with van der Waals surface area (Å²) in [6.45, 7) is 6.26. The predicted molar refractivity (Wildman–Crippen MR) is 68.9 cm³/mol. The van der Waals surface area contributed by atoms with Gasteiger partial charge in [-0.25, -0.2) is 0 Å². The molecule has 15 heavy (non-hydrogen) atoms. The lowest BCUT2D eigenvalue weighted by atomic mass is 9.94. The van der Waals surface area contributed by atoms with Crippen molar-refractivity contribution >= 4 is 25.1 Å². The Morgan fingerprint density at radius 1 is 1.20 bits per heavy atom. The first-order valence-corrected chi connectivity index (χ1v) is 9.69. The quantitative estimate of drug-likeness (QED) is 0.678. The highest BCUT2D eigenvalue weighted by Gasteiger charge is 2.25. The zero-order valence-corrected chi connectivity index (χ0v) is 11.8. The van der Waals surface area contributed by atoms with Crippen LogP contribution in [0.5, 0.6) is 0 Å². The molecule has 0 aromatic carbocycles. The lowest BCUT2D eigenvalue weighted by molar-refractivity contribution is -0.112. The van der Waals surface area contributed by atoms with Gasteiger partial charge < -0.3 is 4.79 Å². The molecule has 0 heterocycles. The normalized spacial score (nSPS) is 17.7. The Bertz CT molecular complexity index is 268. The Hall–Kier alpha value is -0.0831. The number of rotatable bonds is 3. The van der Waals surface area contributed by atoms with E-state index in [0.29, 0.717) is 11.8 Å². The zero-order valence-electron chi connectivity index (χ0n) is 10.0. The molecule has 0 radical (unpaired) electrons. The summed E-state index contributed by atoms with van der Waals surface area (Å²) in [6.07, 6.45) is 6.51. The second-order valence-corrected chi connectivity index (χ2v) is 10.9. The van der Waals surface area contributed by atoms with Crippen LogP contribution in [-0.4, -0.2) is 13.5 Å². The molecule has 86 valence electrons. The van der Waals surface area contributed by atoms with E-state index in [1.165, 1.54) is 24.8 Å². The molecule has 0 aromatic heterocycles. The number of hydrogen-bond acceptors (Lipinski definition) is 1. The van der Waals surface area contributed by atoms with Gasteiger partial charge in [0.25, 0.3) is 0 Å². The van der Waals surface area contributed by atoms with E-state index in [1.807, 2.05) is 0 Å². The third-order valence-electron chi connectivity index (χ3n) is 2.99. The second-order valence-electron chi connectivity index (χ2n) is 5.42. The minimum Gasteiger partial charge on any atom is -0.305 e. The molecule has 1 saturated carbocycles. The van der Waals surface area contributed by atoms with E-state index in [0.717, 1.165) is 17.9 Å². The molecule has 1 nitrogen and oxygen atoms in total. The zero-order chi connectivity index (χ0) is 11.5. The first-order valence-electron chi connectivity index (χ1n) is 5.81. The Balaban J connectivity index is 2.61. The van der Waals surface area contributed by atoms with E-state index in [4.69, 9.17) is 11.6 Å². The van der Waals surface area contributed by atoms with Crippen LogP contribution in [0, 0.1) is 0 Å². The lowest BCUT2D eigenvalue weighted by Crippen LogP contribution is -2.33. The number of carbonyl (C=O) groups is 1. The molecule has 0 amide bonds. The van der Waals surface area contributed by atoms with Crippen LogP contribution in [0.1, 0.15) is 38.5 Å². The van der Waals surface area contributed by atoms with Crippen molar-refractivity contribution in [2.24, 2.45) is 0 Å². The van der Waals surface area contributed by atoms with Gasteiger partial charge in [0.2, 0.25) is 0 Å². The molecule has 0 saturated heterocycles. The molecule has 0 N–H and O–H groups in total. The average molecular weight is 245 g/mol. The maximum Gasteiger partial charge on any atom is 0.124 e. The summed E-state index contributed by atoms with van der Waals surface area (Å²) in [6, 6.07) is 0. The van der Waals surface area contributed by atoms with Crippen molar-refractivity contribution in [2.45, 2.75) is 58.2 Å². The largest absolute Gasteiger partial charge is 0.305 e. The van der Waals surface area contributed by atoms with Crippen LogP contribution in [0.4, 0.5) is 0 Å². The van der Waals surface area contributed by atoms with E-state index in [1.54, 1.807) is 0 Å². The minimum absolute atomic E-state index is 0.380. The van der Waals surface area contributed by atoms with Crippen molar-refractivity contribution in [1.82, 2.24) is 0 Å². The van der Waals surface area contributed by atoms with E-state index in [9.17, 15) is 4.79 Å². The molecule has 0 atom stereocenters. The van der Waals surface area contributed by atoms with Crippen molar-refractivity contribution in [3.8, 4) is 0 Å². The lowest BCUT2D eigenvalue weighted by Gasteiger charge is -2.18. The predicted octanol–water partition coefficient (Wildman–Crippen LogP) is 4.28. The van der Waals surface area contributed by atoms with Crippen LogP contribution < -0.4 is 0 Å². The fourth-order valence-electron chi connectivity index (χ4n) is 1.78. The van der Waals surface area contributed by atoms with E-state index in [-0.39, 0.29) is 0 Å². The monoisotopic (exact) mass is 244 g/mol. The maximum atomic E-state index is 11.9. The molecule has 0 spiro atoms. The van der Waals surface area contributed by atoms with Crippen LogP contribution in [0.25, 0.3) is 0 Å². The molecule has 3 heteroatoms. The topological polar surface area (TPSA) is 17.1 Å². The number of allylic oxidation sites excluding steroid dienone is 2. The van der Waals surface area contributed by atoms with Gasteiger partial charge in [0.05, 0.1) is 0 Å². The van der Waals surface area contributed by atoms with E-state index < -0.39 is 8.07 Å². The number of carbonyl (C=O) groups excluding carboxylic acids is 1. The van der Waals surface area contributed by atoms with Gasteiger partial charge in [-0.3, -0.25) is 0 Å². The van der Waals surface area contributed by atoms with Crippen molar-refractivity contribution in [2.75, 3.05) is 0 Å². The Labute approximate surface area is 98.9 Å². The summed E-state index contributed by atoms with van der Waals surface area (Å²) in [5.74, 6) is 0. The molecule has 1 rings (SSSR count). The minimum atomic E-state index is -1.64. The molecule has 1 aliphatic carbocycles. The Morgan fingerprint density at radius 3 is 2.20 bits per heavy atom. The first-order chi connectivity index (χ1) is 6.91. The van der Waals surface area contributed by atoms with Crippen LogP contribution in [0.15, 0.2) is 10.6 Å². The van der Waals surface area contributed by atoms with Crippen molar-refractivity contribution < 1.29 is 4.79 Å². The number of halogens is 1. The van der Waals surface area contributed by atoms with Gasteiger partial charge in [-0.1, -0.05) is 43.2 Å². The Kier molecular flexibility index (Phi) is 4.59. The summed E-state index contributed by atoms with van der Waals surface area (Å²) < 4.78 is 0. The summed E-state index contributed by atoms with van der Waals surface area (Å²) >= 11 is 6.24. The highest BCUT2D eigenvalue weighted by Crippen LogP contribution is 2.29. The third-order valence-corrected chi connectivity index (χ3v) is 5.24. The molecule has 0 aromatic rings. The highest BCUT2D eigenvalue weighted by atomic mass is 35.5. The van der Waals surface area contributed by atoms with Gasteiger partial charge in [-0.15, -0.1) is 0 Å². The highest BCUT2D eigenvalue weighted by molar-refractivity contribution is 7.03. The SMILES string of the molecule is C[Si](C)(C)C(=O)CC(Cl)=C1CCCCC1. The van der Waals surface area contributed by atoms with E-state index in [2.05, 4.69) is 19.6 Å². The van der Waals surface area contributed by atoms with Gasteiger partial charge in [0.1, 0.15) is 13.5 Å². The van der Waals surface area contributed by atoms with E-state index >= 15 is 0 Å². The fourth-order valence-corrected chi connectivity index (χ4v) is 2.91. The van der Waals surface area contributed by atoms with Crippen molar-refractivity contribution in [3.05, 3.63) is 10.6 Å². The summed E-state index contributed by atoms with van der Waals surface area (Å²) in [4.78, 5) is 11.9. The molecular formula is C12H21ClOSi. The first kappa shape index (κ1) is 13.0. The fraction of sp³-hybridized carbons (Fsp3) is 0.750. The van der Waals surface area contributed by atoms with Gasteiger partial charge in [-0.2, -0.15) is 0 Å². The van der Waals surface area contributed by atoms with Crippen LogP contribution >= 0.6 is 11.6 Å². The Morgan fingerprint density at radius 2 is 1.73 bits per heavy atom. The smallest absolute Gasteiger partial charge is 0.124 e. The number of hydrogen-bond donors (Lipinski definition) is 0. The van der Waals surface area contributed by atoms with Crippen molar-refractivity contribution in [1.29, 1.82) is 0 Å². The molecule has 0 unspecified atom stereocenters. The van der Waals surface area contributed by atoms with Crippen LogP contribution in [0.2, 0.25) is 19.6 Å². The van der Waals surface area contributed by atoms with Crippen LogP contribution in [0.3, 0.4) is 0 Å². The summed E-state index contributed by atoms with van der Waals surface area (Å²) in [7, 11) is -1.64. The standard InChI is InChI=1S/C12H21ClOSi/c1-15(2,3)12(14)9-11(13)10-7-5-4-6-8-10/h4-9H2,1-3H3. The van der Waals surface area contributed by atoms with Crippen molar-refractivity contribution in [3.63, 3.8) is 0 Å². The third kappa shape index (κ3) is 4.11. The van der Waals surface area contributed by atoms with Gasteiger partial charge in [0.15, 0.2) is 0 Å². The molecule has 0 bridgehead atoms. The van der Waals surface area contributed by atoms with Gasteiger partial charge in [-0.05, 0) is 25.7 Å². The molecule has 0 aliphatic heterocycles. The second kappa shape index (κ2) is 5.31. The summed E-state index contributed by atoms with van der Waals surface area (Å²) in [5.41, 5.74) is 1.34. The summed E-state index contributed by atoms with van der Waals surface area (Å²) in [5, 5.41) is 1.23. The molecule has 1 aliphatic rings.